The molecule has 3 aromatic rings. The number of amides is 1. The first kappa shape index (κ1) is 23.1. The third kappa shape index (κ3) is 5.77. The van der Waals surface area contributed by atoms with Crippen LogP contribution in [0.5, 0.6) is 0 Å². The second kappa shape index (κ2) is 10.6. The van der Waals surface area contributed by atoms with E-state index in [4.69, 9.17) is 4.52 Å². The van der Waals surface area contributed by atoms with Crippen molar-refractivity contribution in [2.45, 2.75) is 43.9 Å². The van der Waals surface area contributed by atoms with E-state index in [1.165, 1.54) is 11.1 Å². The molecule has 1 heterocycles. The van der Waals surface area contributed by atoms with Crippen LogP contribution in [0.15, 0.2) is 57.9 Å². The topological polar surface area (TPSA) is 58.4 Å². The molecule has 1 amide bonds. The van der Waals surface area contributed by atoms with E-state index in [1.807, 2.05) is 52.2 Å². The van der Waals surface area contributed by atoms with E-state index in [0.29, 0.717) is 12.1 Å². The zero-order chi connectivity index (χ0) is 22.4. The van der Waals surface area contributed by atoms with Gasteiger partial charge >= 0.3 is 0 Å². The number of carbonyl (C=O) groups excluding carboxylic acids is 1. The molecule has 0 aliphatic rings. The fraction of sp³-hybridized carbons (Fsp3) is 0.360. The lowest BCUT2D eigenvalue weighted by Crippen LogP contribution is -2.34. The molecule has 0 bridgehead atoms. The van der Waals surface area contributed by atoms with Crippen LogP contribution in [0.25, 0.3) is 0 Å². The van der Waals surface area contributed by atoms with E-state index >= 15 is 0 Å². The summed E-state index contributed by atoms with van der Waals surface area (Å²) in [5.74, 6) is 1.49. The molecule has 0 fully saturated rings. The van der Waals surface area contributed by atoms with Gasteiger partial charge in [-0.2, -0.15) is 0 Å². The first-order chi connectivity index (χ1) is 14.9. The van der Waals surface area contributed by atoms with Crippen molar-refractivity contribution in [1.29, 1.82) is 0 Å². The Bertz CT molecular complexity index is 992. The summed E-state index contributed by atoms with van der Waals surface area (Å²) in [5.41, 5.74) is 5.19. The van der Waals surface area contributed by atoms with Crippen LogP contribution < -0.4 is 5.32 Å². The van der Waals surface area contributed by atoms with Crippen molar-refractivity contribution in [2.24, 2.45) is 0 Å². The maximum absolute atomic E-state index is 13.0. The minimum absolute atomic E-state index is 0.0566. The Morgan fingerprint density at radius 3 is 2.45 bits per heavy atom. The van der Waals surface area contributed by atoms with Gasteiger partial charge in [-0.1, -0.05) is 48.5 Å². The van der Waals surface area contributed by atoms with E-state index < -0.39 is 0 Å². The molecule has 1 aromatic heterocycles. The largest absolute Gasteiger partial charge is 0.361 e. The monoisotopic (exact) mass is 437 g/mol. The summed E-state index contributed by atoms with van der Waals surface area (Å²) in [6.07, 6.45) is 1.02. The fourth-order valence-electron chi connectivity index (χ4n) is 3.50. The number of nitrogens with zero attached hydrogens (tertiary/aromatic N) is 2. The molecule has 0 spiro atoms. The zero-order valence-corrected chi connectivity index (χ0v) is 19.8. The van der Waals surface area contributed by atoms with Crippen LogP contribution >= 0.6 is 11.8 Å². The Balaban J connectivity index is 1.69. The minimum Gasteiger partial charge on any atom is -0.361 e. The van der Waals surface area contributed by atoms with Gasteiger partial charge in [0.25, 0.3) is 5.91 Å². The Kier molecular flexibility index (Phi) is 7.93. The van der Waals surface area contributed by atoms with Gasteiger partial charge in [0.05, 0.1) is 17.3 Å². The highest BCUT2D eigenvalue weighted by molar-refractivity contribution is 7.98. The summed E-state index contributed by atoms with van der Waals surface area (Å²) in [4.78, 5) is 16.1. The Morgan fingerprint density at radius 2 is 1.84 bits per heavy atom. The van der Waals surface area contributed by atoms with Crippen molar-refractivity contribution >= 4 is 17.7 Å². The van der Waals surface area contributed by atoms with Crippen LogP contribution in [0.1, 0.15) is 51.5 Å². The number of hydrogen-bond acceptors (Lipinski definition) is 5. The number of hydrogen-bond donors (Lipinski definition) is 1. The summed E-state index contributed by atoms with van der Waals surface area (Å²) in [6.45, 7) is 6.56. The smallest absolute Gasteiger partial charge is 0.252 e. The Morgan fingerprint density at radius 1 is 1.13 bits per heavy atom. The average molecular weight is 438 g/mol. The highest BCUT2D eigenvalue weighted by atomic mass is 32.2. The highest BCUT2D eigenvalue weighted by Gasteiger charge is 2.18. The zero-order valence-electron chi connectivity index (χ0n) is 18.9. The quantitative estimate of drug-likeness (QED) is 0.468. The lowest BCUT2D eigenvalue weighted by atomic mass is 10.0. The summed E-state index contributed by atoms with van der Waals surface area (Å²) in [5, 5.41) is 7.16. The van der Waals surface area contributed by atoms with Crippen molar-refractivity contribution in [2.75, 3.05) is 20.6 Å². The van der Waals surface area contributed by atoms with Crippen LogP contribution in [-0.4, -0.2) is 36.6 Å². The van der Waals surface area contributed by atoms with E-state index in [2.05, 4.69) is 46.6 Å². The molecule has 5 nitrogen and oxygen atoms in total. The van der Waals surface area contributed by atoms with Gasteiger partial charge in [-0.05, 0) is 57.6 Å². The second-order valence-electron chi connectivity index (χ2n) is 7.87. The lowest BCUT2D eigenvalue weighted by Gasteiger charge is -2.25. The molecular formula is C25H31N3O2S. The maximum atomic E-state index is 13.0. The molecule has 6 heteroatoms. The molecule has 0 saturated heterocycles. The van der Waals surface area contributed by atoms with Crippen molar-refractivity contribution < 1.29 is 9.32 Å². The molecule has 0 aliphatic carbocycles. The predicted octanol–water partition coefficient (Wildman–Crippen LogP) is 5.18. The van der Waals surface area contributed by atoms with Gasteiger partial charge in [-0.15, -0.1) is 11.8 Å². The predicted molar refractivity (Wildman–Crippen MR) is 127 cm³/mol. The third-order valence-corrected chi connectivity index (χ3v) is 6.64. The van der Waals surface area contributed by atoms with Gasteiger partial charge in [-0.3, -0.25) is 4.79 Å². The van der Waals surface area contributed by atoms with Gasteiger partial charge in [0.1, 0.15) is 5.76 Å². The molecule has 0 aliphatic heterocycles. The van der Waals surface area contributed by atoms with Crippen LogP contribution in [-0.2, 0) is 12.2 Å². The van der Waals surface area contributed by atoms with Crippen LogP contribution in [0.3, 0.4) is 0 Å². The number of thioether (sulfide) groups is 1. The number of rotatable bonds is 9. The molecule has 1 N–H and O–H groups in total. The molecule has 1 unspecified atom stereocenters. The van der Waals surface area contributed by atoms with Gasteiger partial charge in [0.15, 0.2) is 0 Å². The van der Waals surface area contributed by atoms with E-state index in [9.17, 15) is 4.79 Å². The molecule has 3 rings (SSSR count). The van der Waals surface area contributed by atoms with Crippen LogP contribution in [0.2, 0.25) is 0 Å². The van der Waals surface area contributed by atoms with Crippen molar-refractivity contribution in [3.63, 3.8) is 0 Å². The van der Waals surface area contributed by atoms with E-state index in [0.717, 1.165) is 34.1 Å². The molecule has 0 radical (unpaired) electrons. The highest BCUT2D eigenvalue weighted by Crippen LogP contribution is 2.29. The second-order valence-corrected chi connectivity index (χ2v) is 8.89. The van der Waals surface area contributed by atoms with Crippen molar-refractivity contribution in [3.05, 3.63) is 82.2 Å². The van der Waals surface area contributed by atoms with E-state index in [1.54, 1.807) is 11.8 Å². The number of nitrogens with one attached hydrogen (secondary N) is 1. The summed E-state index contributed by atoms with van der Waals surface area (Å²) < 4.78 is 5.26. The summed E-state index contributed by atoms with van der Waals surface area (Å²) in [6, 6.07) is 16.5. The molecular weight excluding hydrogens is 406 g/mol. The van der Waals surface area contributed by atoms with Crippen LogP contribution in [0, 0.1) is 13.8 Å². The lowest BCUT2D eigenvalue weighted by molar-refractivity contribution is 0.0939. The number of carbonyl (C=O) groups is 1. The van der Waals surface area contributed by atoms with Gasteiger partial charge < -0.3 is 14.7 Å². The minimum atomic E-state index is -0.0566. The van der Waals surface area contributed by atoms with Crippen molar-refractivity contribution in [3.8, 4) is 0 Å². The fourth-order valence-corrected chi connectivity index (χ4v) is 4.70. The van der Waals surface area contributed by atoms with E-state index in [-0.39, 0.29) is 11.9 Å². The molecule has 2 aromatic carbocycles. The van der Waals surface area contributed by atoms with Gasteiger partial charge in [0.2, 0.25) is 0 Å². The van der Waals surface area contributed by atoms with Crippen LogP contribution in [0.4, 0.5) is 0 Å². The molecule has 1 atom stereocenters. The standard InChI is InChI=1S/C25H31N3O2S/c1-6-19-11-13-20(14-12-19)23(28(4)5)15-26-25(29)21-9-7-8-10-24(21)31-16-22-17(2)27-30-18(22)3/h7-14,23H,6,15-16H2,1-5H3,(H,26,29). The summed E-state index contributed by atoms with van der Waals surface area (Å²) >= 11 is 1.63. The normalized spacial score (nSPS) is 12.2. The third-order valence-electron chi connectivity index (χ3n) is 5.54. The SMILES string of the molecule is CCc1ccc(C(CNC(=O)c2ccccc2SCc2c(C)noc2C)N(C)C)cc1. The molecule has 164 valence electrons. The molecule has 0 saturated carbocycles. The first-order valence-corrected chi connectivity index (χ1v) is 11.6. The average Bonchev–Trinajstić information content (AvgIpc) is 3.10. The Hall–Kier alpha value is -2.57. The number of likely N-dealkylation sites (N-methyl/N-ethyl adjacent to an activating group) is 1. The van der Waals surface area contributed by atoms with Crippen molar-refractivity contribution in [1.82, 2.24) is 15.4 Å². The number of aromatic nitrogens is 1. The number of aryl methyl sites for hydroxylation is 3. The molecule has 31 heavy (non-hydrogen) atoms. The van der Waals surface area contributed by atoms with Gasteiger partial charge in [-0.25, -0.2) is 0 Å². The first-order valence-electron chi connectivity index (χ1n) is 10.6. The maximum Gasteiger partial charge on any atom is 0.252 e. The number of benzene rings is 2. The Labute approximate surface area is 189 Å². The van der Waals surface area contributed by atoms with Gasteiger partial charge in [0, 0.05) is 22.8 Å². The summed E-state index contributed by atoms with van der Waals surface area (Å²) in [7, 11) is 4.08.